The first-order valence-corrected chi connectivity index (χ1v) is 20.9. The van der Waals surface area contributed by atoms with Gasteiger partial charge in [-0.25, -0.2) is 0 Å². The molecule has 7 aromatic rings. The molecule has 1 N–H and O–H groups in total. The molecule has 10 rings (SSSR count). The van der Waals surface area contributed by atoms with Crippen molar-refractivity contribution < 1.29 is 26.2 Å². The number of aliphatic imine (C=N–C) groups is 1. The first-order valence-electron chi connectivity index (χ1n) is 20.9. The summed E-state index contributed by atoms with van der Waals surface area (Å²) in [7, 11) is 0. The Morgan fingerprint density at radius 1 is 0.789 bits per heavy atom. The molecule has 4 aromatic carbocycles. The number of aromatic hydroxyl groups is 1. The number of nitrogens with zero attached hydrogens (tertiary/aromatic N) is 3. The van der Waals surface area contributed by atoms with Crippen LogP contribution in [0.1, 0.15) is 121 Å². The van der Waals surface area contributed by atoms with Gasteiger partial charge in [-0.1, -0.05) is 107 Å². The van der Waals surface area contributed by atoms with Crippen molar-refractivity contribution in [2.75, 3.05) is 0 Å². The van der Waals surface area contributed by atoms with Crippen molar-refractivity contribution in [1.29, 1.82) is 0 Å². The van der Waals surface area contributed by atoms with Crippen molar-refractivity contribution in [3.8, 4) is 28.1 Å². The summed E-state index contributed by atoms with van der Waals surface area (Å²) in [5.41, 5.74) is 13.0. The summed E-state index contributed by atoms with van der Waals surface area (Å²) in [6.07, 6.45) is 16.8. The molecule has 4 nitrogen and oxygen atoms in total. The van der Waals surface area contributed by atoms with Gasteiger partial charge < -0.3 is 9.51 Å². The Hall–Kier alpha value is -4.53. The van der Waals surface area contributed by atoms with Gasteiger partial charge in [0.05, 0.1) is 5.71 Å². The van der Waals surface area contributed by atoms with Gasteiger partial charge in [0.15, 0.2) is 0 Å². The third-order valence-corrected chi connectivity index (χ3v) is 14.0. The van der Waals surface area contributed by atoms with Crippen LogP contribution in [-0.2, 0) is 31.9 Å². The van der Waals surface area contributed by atoms with Gasteiger partial charge in [-0.2, -0.15) is 0 Å². The molecule has 0 radical (unpaired) electrons. The SMILES string of the molecule is CC(C)(C)c1ccc(C2=Nc3c(ccc4c3c3[c-]c(-c5cc(-c6ccc(C7CCC8(CCCCC8)CC7)cc6)ccn5)ccc3c3cccn34)C2(C)C)c(O)c1.[Pt]. The first-order chi connectivity index (χ1) is 27.0. The maximum absolute atomic E-state index is 11.4. The van der Waals surface area contributed by atoms with E-state index in [2.05, 4.69) is 130 Å². The molecule has 292 valence electrons. The molecule has 2 fully saturated rings. The second kappa shape index (κ2) is 14.1. The first kappa shape index (κ1) is 38.0. The van der Waals surface area contributed by atoms with E-state index in [0.717, 1.165) is 66.5 Å². The van der Waals surface area contributed by atoms with E-state index in [1.807, 2.05) is 18.3 Å². The second-order valence-electron chi connectivity index (χ2n) is 18.7. The average molecular weight is 930 g/mol. The molecule has 0 saturated heterocycles. The summed E-state index contributed by atoms with van der Waals surface area (Å²) < 4.78 is 2.27. The molecule has 3 aromatic heterocycles. The van der Waals surface area contributed by atoms with Crippen LogP contribution in [0.3, 0.4) is 0 Å². The smallest absolute Gasteiger partial charge is 0.124 e. The Morgan fingerprint density at radius 3 is 2.30 bits per heavy atom. The molecule has 0 atom stereocenters. The molecule has 1 spiro atoms. The van der Waals surface area contributed by atoms with Gasteiger partial charge >= 0.3 is 0 Å². The standard InChI is InChI=1S/C52H52N3O.Pt/c1-50(2,3)38-16-18-40(46(56)32-38)49-51(4,5)42-19-20-45-47(48(42)54-49)41-30-37(15-17-39(41)44-10-9-29-55(44)45)43-31-36(23-28-53-43)34-13-11-33(12-14-34)35-21-26-52(27-22-35)24-7-6-8-25-52;/h9-20,23,28-29,31-32,35,56H,6-8,21-22,24-27H2,1-5H3;/q-1;. The van der Waals surface area contributed by atoms with Gasteiger partial charge in [0, 0.05) is 66.9 Å². The second-order valence-corrected chi connectivity index (χ2v) is 18.7. The average Bonchev–Trinajstić information content (AvgIpc) is 3.81. The van der Waals surface area contributed by atoms with E-state index < -0.39 is 5.41 Å². The third-order valence-electron chi connectivity index (χ3n) is 14.0. The fourth-order valence-electron chi connectivity index (χ4n) is 10.6. The van der Waals surface area contributed by atoms with E-state index in [-0.39, 0.29) is 32.2 Å². The van der Waals surface area contributed by atoms with Crippen molar-refractivity contribution >= 4 is 38.6 Å². The number of hydrogen-bond acceptors (Lipinski definition) is 3. The van der Waals surface area contributed by atoms with Crippen molar-refractivity contribution in [1.82, 2.24) is 9.38 Å². The molecule has 1 aliphatic heterocycles. The van der Waals surface area contributed by atoms with E-state index in [4.69, 9.17) is 9.98 Å². The van der Waals surface area contributed by atoms with E-state index in [1.54, 1.807) is 0 Å². The topological polar surface area (TPSA) is 49.9 Å². The monoisotopic (exact) mass is 929 g/mol. The van der Waals surface area contributed by atoms with Crippen LogP contribution in [0.5, 0.6) is 5.75 Å². The van der Waals surface area contributed by atoms with Gasteiger partial charge in [0.25, 0.3) is 0 Å². The fourth-order valence-corrected chi connectivity index (χ4v) is 10.6. The van der Waals surface area contributed by atoms with E-state index in [0.29, 0.717) is 11.3 Å². The Bertz CT molecular complexity index is 2700. The normalized spacial score (nSPS) is 17.9. The number of phenolic OH excluding ortho intramolecular Hbond substituents is 1. The fraction of sp³-hybridized carbons (Fsp3) is 0.346. The molecule has 4 heterocycles. The number of benzene rings is 4. The Labute approximate surface area is 351 Å². The minimum absolute atomic E-state index is 0. The zero-order chi connectivity index (χ0) is 38.4. The van der Waals surface area contributed by atoms with Gasteiger partial charge in [0.2, 0.25) is 0 Å². The van der Waals surface area contributed by atoms with Gasteiger partial charge in [-0.15, -0.1) is 23.6 Å². The Kier molecular flexibility index (Phi) is 9.39. The number of fused-ring (bicyclic) bond motifs is 8. The van der Waals surface area contributed by atoms with Crippen LogP contribution >= 0.6 is 0 Å². The summed E-state index contributed by atoms with van der Waals surface area (Å²) in [5.74, 6) is 0.959. The largest absolute Gasteiger partial charge is 0.507 e. The number of aromatic nitrogens is 2. The molecular weight excluding hydrogens is 878 g/mol. The summed E-state index contributed by atoms with van der Waals surface area (Å²) in [6, 6.07) is 36.8. The summed E-state index contributed by atoms with van der Waals surface area (Å²) in [4.78, 5) is 10.3. The molecule has 0 unspecified atom stereocenters. The van der Waals surface area contributed by atoms with E-state index in [1.165, 1.54) is 74.5 Å². The number of rotatable bonds is 4. The van der Waals surface area contributed by atoms with Crippen LogP contribution < -0.4 is 0 Å². The molecule has 57 heavy (non-hydrogen) atoms. The summed E-state index contributed by atoms with van der Waals surface area (Å²) in [6.45, 7) is 10.9. The van der Waals surface area contributed by atoms with Crippen molar-refractivity contribution in [2.24, 2.45) is 10.4 Å². The number of hydrogen-bond donors (Lipinski definition) is 1. The molecular formula is C52H52N3OPt-. The quantitative estimate of drug-likeness (QED) is 0.141. The molecule has 0 amide bonds. The molecule has 2 aliphatic carbocycles. The zero-order valence-electron chi connectivity index (χ0n) is 33.9. The molecule has 2 saturated carbocycles. The maximum Gasteiger partial charge on any atom is 0.124 e. The van der Waals surface area contributed by atoms with Crippen LogP contribution in [0.15, 0.2) is 108 Å². The minimum atomic E-state index is -0.417. The van der Waals surface area contributed by atoms with Gasteiger partial charge in [-0.05, 0) is 125 Å². The van der Waals surface area contributed by atoms with Crippen molar-refractivity contribution in [3.05, 3.63) is 132 Å². The molecule has 0 bridgehead atoms. The van der Waals surface area contributed by atoms with E-state index in [9.17, 15) is 5.11 Å². The number of pyridine rings is 2. The molecule has 3 aliphatic rings. The predicted octanol–water partition coefficient (Wildman–Crippen LogP) is 13.8. The zero-order valence-corrected chi connectivity index (χ0v) is 36.1. The third kappa shape index (κ3) is 6.38. The Balaban J connectivity index is 0.00000422. The van der Waals surface area contributed by atoms with Crippen LogP contribution in [0, 0.1) is 11.5 Å². The van der Waals surface area contributed by atoms with Gasteiger partial charge in [-0.3, -0.25) is 9.98 Å². The number of phenols is 1. The van der Waals surface area contributed by atoms with Crippen LogP contribution in [0.2, 0.25) is 0 Å². The summed E-state index contributed by atoms with van der Waals surface area (Å²) in [5, 5.41) is 14.6. The van der Waals surface area contributed by atoms with Crippen LogP contribution in [0.25, 0.3) is 49.6 Å². The summed E-state index contributed by atoms with van der Waals surface area (Å²) >= 11 is 0. The maximum atomic E-state index is 11.4. The predicted molar refractivity (Wildman–Crippen MR) is 233 cm³/mol. The van der Waals surface area contributed by atoms with E-state index >= 15 is 0 Å². The van der Waals surface area contributed by atoms with Crippen molar-refractivity contribution in [3.63, 3.8) is 0 Å². The van der Waals surface area contributed by atoms with Crippen LogP contribution in [-0.4, -0.2) is 20.2 Å². The van der Waals surface area contributed by atoms with Crippen LogP contribution in [0.4, 0.5) is 5.69 Å². The molecule has 5 heteroatoms. The van der Waals surface area contributed by atoms with Gasteiger partial charge in [0.1, 0.15) is 5.75 Å². The van der Waals surface area contributed by atoms with Crippen molar-refractivity contribution in [2.45, 2.75) is 109 Å². The Morgan fingerprint density at radius 2 is 1.56 bits per heavy atom. The minimum Gasteiger partial charge on any atom is -0.507 e.